The molecule has 3 heterocycles. The van der Waals surface area contributed by atoms with Crippen molar-refractivity contribution in [2.24, 2.45) is 0 Å². The van der Waals surface area contributed by atoms with Gasteiger partial charge in [-0.1, -0.05) is 23.4 Å². The van der Waals surface area contributed by atoms with Crippen molar-refractivity contribution in [3.8, 4) is 0 Å². The number of hydrogen-bond acceptors (Lipinski definition) is 6. The molecule has 1 aromatic carbocycles. The van der Waals surface area contributed by atoms with E-state index in [1.54, 1.807) is 43.5 Å². The Hall–Kier alpha value is -2.08. The van der Waals surface area contributed by atoms with Gasteiger partial charge in [-0.3, -0.25) is 4.55 Å². The predicted octanol–water partition coefficient (Wildman–Crippen LogP) is 4.05. The van der Waals surface area contributed by atoms with E-state index < -0.39 is 23.0 Å². The average molecular weight is 456 g/mol. The molecular weight excluding hydrogens is 438 g/mol. The number of ether oxygens (including phenoxy) is 1. The number of fused-ring (bicyclic) bond motifs is 2. The number of imidazole rings is 1. The summed E-state index contributed by atoms with van der Waals surface area (Å²) in [5.74, 6) is 1.14. The van der Waals surface area contributed by atoms with Crippen molar-refractivity contribution in [2.45, 2.75) is 38.1 Å². The molecule has 4 rings (SSSR count). The Balaban J connectivity index is 1.81. The van der Waals surface area contributed by atoms with Crippen LogP contribution < -0.4 is 4.31 Å². The molecule has 0 saturated carbocycles. The lowest BCUT2D eigenvalue weighted by Crippen LogP contribution is -2.27. The number of benzene rings is 1. The van der Waals surface area contributed by atoms with Gasteiger partial charge in [0.1, 0.15) is 5.60 Å². The maximum atomic E-state index is 12.5. The van der Waals surface area contributed by atoms with Crippen LogP contribution >= 0.6 is 23.4 Å². The summed E-state index contributed by atoms with van der Waals surface area (Å²) in [4.78, 5) is 16.8. The average Bonchev–Trinajstić information content (AvgIpc) is 3.29. The fraction of sp³-hybridized carbons (Fsp3) is 0.353. The molecular formula is C17H18ClN5O4S2. The van der Waals surface area contributed by atoms with E-state index in [0.717, 1.165) is 10.4 Å². The topological polar surface area (TPSA) is 102 Å². The molecule has 0 amide bonds. The van der Waals surface area contributed by atoms with E-state index in [1.165, 1.54) is 22.3 Å². The summed E-state index contributed by atoms with van der Waals surface area (Å²) in [6.45, 7) is 5.91. The highest BCUT2D eigenvalue weighted by Gasteiger charge is 2.29. The minimum atomic E-state index is -2.42. The number of aromatic nitrogens is 4. The first-order chi connectivity index (χ1) is 13.7. The van der Waals surface area contributed by atoms with Crippen LogP contribution in [0, 0.1) is 0 Å². The van der Waals surface area contributed by atoms with Crippen molar-refractivity contribution in [3.63, 3.8) is 0 Å². The quantitative estimate of drug-likeness (QED) is 0.594. The first kappa shape index (κ1) is 20.2. The second-order valence-corrected chi connectivity index (χ2v) is 9.56. The van der Waals surface area contributed by atoms with Crippen LogP contribution in [0.4, 0.5) is 16.3 Å². The number of carbonyl (C=O) groups excluding carboxylic acids is 1. The van der Waals surface area contributed by atoms with Crippen LogP contribution in [-0.4, -0.2) is 45.5 Å². The van der Waals surface area contributed by atoms with Crippen molar-refractivity contribution in [1.82, 2.24) is 19.3 Å². The lowest BCUT2D eigenvalue weighted by molar-refractivity contribution is 0.0523. The van der Waals surface area contributed by atoms with Crippen LogP contribution in [0.15, 0.2) is 29.6 Å². The molecule has 154 valence electrons. The smallest absolute Gasteiger partial charge is 0.435 e. The molecule has 1 atom stereocenters. The fourth-order valence-electron chi connectivity index (χ4n) is 3.00. The molecule has 0 bridgehead atoms. The number of halogens is 1. The SMILES string of the molecule is CC(C)(C)OC(=O)n1ncc2ccc(N(c3c(Cl)nc4n3CCS4)S(=O)O)cc21. The van der Waals surface area contributed by atoms with E-state index in [9.17, 15) is 13.6 Å². The van der Waals surface area contributed by atoms with E-state index in [-0.39, 0.29) is 5.15 Å². The highest BCUT2D eigenvalue weighted by Crippen LogP contribution is 2.40. The lowest BCUT2D eigenvalue weighted by atomic mass is 10.2. The normalized spacial score (nSPS) is 14.8. The minimum absolute atomic E-state index is 0.135. The van der Waals surface area contributed by atoms with Crippen molar-refractivity contribution in [3.05, 3.63) is 29.5 Å². The molecule has 0 spiro atoms. The van der Waals surface area contributed by atoms with Gasteiger partial charge in [0.25, 0.3) is 11.3 Å². The van der Waals surface area contributed by atoms with Crippen LogP contribution in [0.25, 0.3) is 10.9 Å². The Labute approximate surface area is 178 Å². The van der Waals surface area contributed by atoms with Crippen LogP contribution in [0.3, 0.4) is 0 Å². The van der Waals surface area contributed by atoms with Crippen molar-refractivity contribution in [1.29, 1.82) is 0 Å². The summed E-state index contributed by atoms with van der Waals surface area (Å²) in [7, 11) is 0. The number of anilines is 2. The van der Waals surface area contributed by atoms with E-state index in [0.29, 0.717) is 34.1 Å². The first-order valence-corrected chi connectivity index (χ1v) is 11.1. The second-order valence-electron chi connectivity index (χ2n) is 7.31. The zero-order valence-corrected chi connectivity index (χ0v) is 18.2. The maximum absolute atomic E-state index is 12.5. The molecule has 3 aromatic rings. The summed E-state index contributed by atoms with van der Waals surface area (Å²) < 4.78 is 31.8. The monoisotopic (exact) mass is 455 g/mol. The summed E-state index contributed by atoms with van der Waals surface area (Å²) in [6.07, 6.45) is 0.893. The number of rotatable bonds is 3. The highest BCUT2D eigenvalue weighted by molar-refractivity contribution is 7.99. The van der Waals surface area contributed by atoms with Gasteiger partial charge in [0.05, 0.1) is 17.4 Å². The highest BCUT2D eigenvalue weighted by atomic mass is 35.5. The molecule has 1 unspecified atom stereocenters. The fourth-order valence-corrected chi connectivity index (χ4v) is 4.94. The van der Waals surface area contributed by atoms with Gasteiger partial charge in [-0.15, -0.1) is 0 Å². The van der Waals surface area contributed by atoms with Gasteiger partial charge in [0.2, 0.25) is 0 Å². The third-order valence-electron chi connectivity index (χ3n) is 4.11. The number of thioether (sulfide) groups is 1. The molecule has 29 heavy (non-hydrogen) atoms. The van der Waals surface area contributed by atoms with Gasteiger partial charge in [-0.05, 0) is 39.0 Å². The molecule has 0 saturated heterocycles. The van der Waals surface area contributed by atoms with Gasteiger partial charge in [-0.25, -0.2) is 18.3 Å². The lowest BCUT2D eigenvalue weighted by Gasteiger charge is -2.21. The molecule has 2 aromatic heterocycles. The van der Waals surface area contributed by atoms with Crippen molar-refractivity contribution in [2.75, 3.05) is 10.1 Å². The van der Waals surface area contributed by atoms with Crippen molar-refractivity contribution >= 4 is 63.1 Å². The minimum Gasteiger partial charge on any atom is -0.442 e. The third-order valence-corrected chi connectivity index (χ3v) is 6.02. The Morgan fingerprint density at radius 3 is 2.86 bits per heavy atom. The summed E-state index contributed by atoms with van der Waals surface area (Å²) in [5.41, 5.74) is 0.124. The van der Waals surface area contributed by atoms with Gasteiger partial charge in [-0.2, -0.15) is 9.78 Å². The van der Waals surface area contributed by atoms with E-state index in [1.807, 2.05) is 0 Å². The van der Waals surface area contributed by atoms with E-state index >= 15 is 0 Å². The summed E-state index contributed by atoms with van der Waals surface area (Å²) >= 11 is 5.39. The first-order valence-electron chi connectivity index (χ1n) is 8.67. The Kier molecular flexibility index (Phi) is 5.09. The molecule has 1 aliphatic heterocycles. The van der Waals surface area contributed by atoms with Crippen LogP contribution in [0.5, 0.6) is 0 Å². The predicted molar refractivity (Wildman–Crippen MR) is 112 cm³/mol. The maximum Gasteiger partial charge on any atom is 0.435 e. The second kappa shape index (κ2) is 7.31. The van der Waals surface area contributed by atoms with Crippen molar-refractivity contribution < 1.29 is 18.3 Å². The molecule has 0 aliphatic carbocycles. The summed E-state index contributed by atoms with van der Waals surface area (Å²) in [6, 6.07) is 4.97. The molecule has 1 N–H and O–H groups in total. The molecule has 0 fully saturated rings. The van der Waals surface area contributed by atoms with Gasteiger partial charge in [0, 0.05) is 17.7 Å². The Bertz CT molecular complexity index is 1140. The number of nitrogens with zero attached hydrogens (tertiary/aromatic N) is 5. The third kappa shape index (κ3) is 3.75. The molecule has 0 radical (unpaired) electrons. The Morgan fingerprint density at radius 1 is 1.41 bits per heavy atom. The zero-order valence-electron chi connectivity index (χ0n) is 15.8. The number of carbonyl (C=O) groups is 1. The van der Waals surface area contributed by atoms with E-state index in [2.05, 4.69) is 10.1 Å². The molecule has 12 heteroatoms. The standard InChI is InChI=1S/C17H18ClN5O4S2/c1-17(2,3)27-16(24)22-12-8-11(5-4-10(12)9-19-22)23(29(25)26)14-13(18)20-15-21(14)6-7-28-15/h4-5,8-9H,6-7H2,1-3H3,(H,25,26). The zero-order chi connectivity index (χ0) is 20.9. The van der Waals surface area contributed by atoms with Gasteiger partial charge >= 0.3 is 6.09 Å². The Morgan fingerprint density at radius 2 is 2.17 bits per heavy atom. The number of hydrogen-bond donors (Lipinski definition) is 1. The van der Waals surface area contributed by atoms with Crippen LogP contribution in [-0.2, 0) is 22.5 Å². The largest absolute Gasteiger partial charge is 0.442 e. The summed E-state index contributed by atoms with van der Waals surface area (Å²) in [5, 5.41) is 5.61. The molecule has 9 nitrogen and oxygen atoms in total. The van der Waals surface area contributed by atoms with E-state index in [4.69, 9.17) is 16.3 Å². The van der Waals surface area contributed by atoms with Gasteiger partial charge < -0.3 is 9.30 Å². The van der Waals surface area contributed by atoms with Gasteiger partial charge in [0.15, 0.2) is 16.1 Å². The van der Waals surface area contributed by atoms with Crippen LogP contribution in [0.1, 0.15) is 20.8 Å². The molecule has 1 aliphatic rings. The van der Waals surface area contributed by atoms with Crippen LogP contribution in [0.2, 0.25) is 5.15 Å².